The van der Waals surface area contributed by atoms with E-state index in [0.29, 0.717) is 0 Å². The van der Waals surface area contributed by atoms with Crippen LogP contribution in [0.15, 0.2) is 30.3 Å². The summed E-state index contributed by atoms with van der Waals surface area (Å²) in [5, 5.41) is 7.99. The number of rotatable bonds is 3. The van der Waals surface area contributed by atoms with Crippen LogP contribution in [0.3, 0.4) is 0 Å². The van der Waals surface area contributed by atoms with E-state index in [1.54, 1.807) is 24.3 Å². The number of anilines is 1. The molecule has 88 valence electrons. The Kier molecular flexibility index (Phi) is 3.22. The minimum absolute atomic E-state index is 0.166. The molecule has 0 bridgehead atoms. The summed E-state index contributed by atoms with van der Waals surface area (Å²) in [6.45, 7) is 0.166. The monoisotopic (exact) mass is 239 g/mol. The molecule has 0 fully saturated rings. The average molecular weight is 239 g/mol. The van der Waals surface area contributed by atoms with E-state index in [-0.39, 0.29) is 6.54 Å². The fourth-order valence-corrected chi connectivity index (χ4v) is 1.31. The Balaban J connectivity index is 2.17. The first-order valence-corrected chi connectivity index (χ1v) is 4.83. The van der Waals surface area contributed by atoms with Crippen LogP contribution in [0.4, 0.5) is 18.9 Å². The van der Waals surface area contributed by atoms with Crippen molar-refractivity contribution in [3.8, 4) is 0 Å². The fraction of sp³-hybridized carbons (Fsp3) is 0.0909. The second-order valence-electron chi connectivity index (χ2n) is 3.31. The third kappa shape index (κ3) is 2.52. The van der Waals surface area contributed by atoms with Crippen LogP contribution in [0.2, 0.25) is 0 Å². The number of hydrogen-bond donors (Lipinski definition) is 1. The molecular formula is C11H8F3N3. The third-order valence-electron chi connectivity index (χ3n) is 2.14. The topological polar surface area (TPSA) is 37.8 Å². The van der Waals surface area contributed by atoms with Gasteiger partial charge in [0.25, 0.3) is 11.9 Å². The Labute approximate surface area is 95.3 Å². The first-order chi connectivity index (χ1) is 8.18. The van der Waals surface area contributed by atoms with E-state index in [4.69, 9.17) is 0 Å². The predicted octanol–water partition coefficient (Wildman–Crippen LogP) is 2.51. The van der Waals surface area contributed by atoms with Crippen molar-refractivity contribution in [2.24, 2.45) is 0 Å². The third-order valence-corrected chi connectivity index (χ3v) is 2.14. The molecule has 0 radical (unpaired) electrons. The number of hydrogen-bond acceptors (Lipinski definition) is 3. The molecule has 0 aliphatic rings. The lowest BCUT2D eigenvalue weighted by molar-refractivity contribution is 0.439. The molecule has 0 saturated heterocycles. The van der Waals surface area contributed by atoms with Crippen molar-refractivity contribution in [2.75, 3.05) is 5.32 Å². The van der Waals surface area contributed by atoms with Crippen LogP contribution in [0.5, 0.6) is 0 Å². The molecule has 0 spiro atoms. The zero-order valence-corrected chi connectivity index (χ0v) is 8.62. The quantitative estimate of drug-likeness (QED) is 0.894. The van der Waals surface area contributed by atoms with E-state index in [1.165, 1.54) is 0 Å². The molecule has 1 heterocycles. The van der Waals surface area contributed by atoms with Gasteiger partial charge >= 0.3 is 0 Å². The van der Waals surface area contributed by atoms with Crippen LogP contribution in [0, 0.1) is 17.7 Å². The summed E-state index contributed by atoms with van der Waals surface area (Å²) in [5.74, 6) is -3.96. The van der Waals surface area contributed by atoms with Gasteiger partial charge in [0.1, 0.15) is 5.69 Å². The van der Waals surface area contributed by atoms with Crippen molar-refractivity contribution in [1.29, 1.82) is 0 Å². The lowest BCUT2D eigenvalue weighted by atomic mass is 10.2. The second kappa shape index (κ2) is 4.82. The molecule has 1 aromatic carbocycles. The van der Waals surface area contributed by atoms with Gasteiger partial charge in [0.05, 0.1) is 0 Å². The van der Waals surface area contributed by atoms with E-state index >= 15 is 0 Å². The Bertz CT molecular complexity index is 517. The minimum atomic E-state index is -1.43. The molecule has 0 saturated carbocycles. The van der Waals surface area contributed by atoms with Crippen LogP contribution in [-0.2, 0) is 6.54 Å². The van der Waals surface area contributed by atoms with Gasteiger partial charge in [-0.2, -0.15) is 13.2 Å². The van der Waals surface area contributed by atoms with Crippen LogP contribution in [0.25, 0.3) is 0 Å². The molecule has 1 N–H and O–H groups in total. The van der Waals surface area contributed by atoms with Crippen LogP contribution in [-0.4, -0.2) is 10.2 Å². The molecule has 0 aliphatic heterocycles. The van der Waals surface area contributed by atoms with Crippen molar-refractivity contribution >= 4 is 5.69 Å². The predicted molar refractivity (Wildman–Crippen MR) is 55.7 cm³/mol. The van der Waals surface area contributed by atoms with Gasteiger partial charge in [-0.3, -0.25) is 0 Å². The number of aromatic nitrogens is 2. The van der Waals surface area contributed by atoms with Crippen molar-refractivity contribution in [3.63, 3.8) is 0 Å². The van der Waals surface area contributed by atoms with Gasteiger partial charge in [0, 0.05) is 6.54 Å². The Hall–Kier alpha value is -2.11. The molecule has 17 heavy (non-hydrogen) atoms. The fourth-order valence-electron chi connectivity index (χ4n) is 1.31. The van der Waals surface area contributed by atoms with E-state index in [1.807, 2.05) is 6.07 Å². The summed E-state index contributed by atoms with van der Waals surface area (Å²) in [6, 6.07) is 8.93. The first kappa shape index (κ1) is 11.4. The van der Waals surface area contributed by atoms with Gasteiger partial charge in [-0.1, -0.05) is 30.3 Å². The van der Waals surface area contributed by atoms with Crippen molar-refractivity contribution in [3.05, 3.63) is 53.6 Å². The molecule has 0 unspecified atom stereocenters. The smallest absolute Gasteiger partial charge is 0.271 e. The second-order valence-corrected chi connectivity index (χ2v) is 3.31. The molecule has 3 nitrogen and oxygen atoms in total. The van der Waals surface area contributed by atoms with Crippen LogP contribution in [0.1, 0.15) is 5.56 Å². The highest BCUT2D eigenvalue weighted by atomic mass is 19.2. The highest BCUT2D eigenvalue weighted by Crippen LogP contribution is 2.18. The van der Waals surface area contributed by atoms with Gasteiger partial charge in [0.15, 0.2) is 0 Å². The molecule has 2 aromatic rings. The summed E-state index contributed by atoms with van der Waals surface area (Å²) >= 11 is 0. The van der Waals surface area contributed by atoms with Gasteiger partial charge in [-0.05, 0) is 5.56 Å². The number of halogens is 3. The van der Waals surface area contributed by atoms with Crippen molar-refractivity contribution < 1.29 is 13.2 Å². The van der Waals surface area contributed by atoms with Crippen molar-refractivity contribution in [2.45, 2.75) is 6.54 Å². The molecule has 0 amide bonds. The highest BCUT2D eigenvalue weighted by Gasteiger charge is 2.16. The Morgan fingerprint density at radius 3 is 2.29 bits per heavy atom. The molecule has 0 aliphatic carbocycles. The van der Waals surface area contributed by atoms with Gasteiger partial charge < -0.3 is 5.32 Å². The standard InChI is InChI=1S/C11H8F3N3/c12-8-9(11(14)17-16-10(8)13)15-6-7-4-2-1-3-5-7/h1-5H,6H2,(H,15,16). The molecule has 6 heteroatoms. The van der Waals surface area contributed by atoms with E-state index in [2.05, 4.69) is 15.5 Å². The number of benzene rings is 1. The van der Waals surface area contributed by atoms with Crippen LogP contribution < -0.4 is 5.32 Å². The lowest BCUT2D eigenvalue weighted by Crippen LogP contribution is -2.08. The Morgan fingerprint density at radius 1 is 0.941 bits per heavy atom. The summed E-state index contributed by atoms with van der Waals surface area (Å²) < 4.78 is 39.0. The first-order valence-electron chi connectivity index (χ1n) is 4.83. The molecule has 0 atom stereocenters. The van der Waals surface area contributed by atoms with Gasteiger partial charge in [-0.15, -0.1) is 10.2 Å². The molecule has 2 rings (SSSR count). The maximum Gasteiger partial charge on any atom is 0.271 e. The zero-order chi connectivity index (χ0) is 12.3. The lowest BCUT2D eigenvalue weighted by Gasteiger charge is -2.07. The maximum absolute atomic E-state index is 13.2. The maximum atomic E-state index is 13.2. The normalized spacial score (nSPS) is 10.3. The number of nitrogens with one attached hydrogen (secondary N) is 1. The average Bonchev–Trinajstić information content (AvgIpc) is 2.35. The zero-order valence-electron chi connectivity index (χ0n) is 8.62. The molecule has 1 aromatic heterocycles. The summed E-state index contributed by atoms with van der Waals surface area (Å²) in [5.41, 5.74) is 0.199. The number of nitrogens with zero attached hydrogens (tertiary/aromatic N) is 2. The van der Waals surface area contributed by atoms with E-state index in [0.717, 1.165) is 5.56 Å². The summed E-state index contributed by atoms with van der Waals surface area (Å²) in [6.07, 6.45) is 0. The summed E-state index contributed by atoms with van der Waals surface area (Å²) in [4.78, 5) is 0. The van der Waals surface area contributed by atoms with Crippen molar-refractivity contribution in [1.82, 2.24) is 10.2 Å². The Morgan fingerprint density at radius 2 is 1.59 bits per heavy atom. The van der Waals surface area contributed by atoms with Gasteiger partial charge in [0.2, 0.25) is 5.82 Å². The highest BCUT2D eigenvalue weighted by molar-refractivity contribution is 5.43. The SMILES string of the molecule is Fc1nnc(F)c(NCc2ccccc2)c1F. The largest absolute Gasteiger partial charge is 0.375 e. The van der Waals surface area contributed by atoms with E-state index < -0.39 is 23.4 Å². The van der Waals surface area contributed by atoms with E-state index in [9.17, 15) is 13.2 Å². The van der Waals surface area contributed by atoms with Crippen LogP contribution >= 0.6 is 0 Å². The minimum Gasteiger partial charge on any atom is -0.375 e. The molecular weight excluding hydrogens is 231 g/mol. The summed E-state index contributed by atoms with van der Waals surface area (Å²) in [7, 11) is 0. The van der Waals surface area contributed by atoms with Gasteiger partial charge in [-0.25, -0.2) is 0 Å².